The highest BCUT2D eigenvalue weighted by atomic mass is 16.7. The van der Waals surface area contributed by atoms with E-state index in [0.717, 1.165) is 31.8 Å². The first kappa shape index (κ1) is 20.2. The predicted octanol–water partition coefficient (Wildman–Crippen LogP) is 0.303. The van der Waals surface area contributed by atoms with Crippen molar-refractivity contribution in [3.63, 3.8) is 0 Å². The fourth-order valence-corrected chi connectivity index (χ4v) is 6.07. The van der Waals surface area contributed by atoms with Gasteiger partial charge in [0.2, 0.25) is 5.91 Å². The van der Waals surface area contributed by atoms with E-state index in [1.54, 1.807) is 0 Å². The van der Waals surface area contributed by atoms with E-state index in [9.17, 15) is 4.79 Å². The summed E-state index contributed by atoms with van der Waals surface area (Å²) in [7, 11) is 0. The van der Waals surface area contributed by atoms with Crippen LogP contribution in [-0.2, 0) is 9.63 Å². The van der Waals surface area contributed by atoms with E-state index in [2.05, 4.69) is 26.5 Å². The zero-order valence-electron chi connectivity index (χ0n) is 17.3. The number of nitrogens with one attached hydrogen (secondary N) is 4. The van der Waals surface area contributed by atoms with Crippen molar-refractivity contribution in [1.29, 1.82) is 0 Å². The molecule has 29 heavy (non-hydrogen) atoms. The van der Waals surface area contributed by atoms with Crippen molar-refractivity contribution in [2.24, 2.45) is 29.6 Å². The van der Waals surface area contributed by atoms with E-state index >= 15 is 0 Å². The number of rotatable bonds is 7. The Hall–Kier alpha value is -0.770. The quantitative estimate of drug-likeness (QED) is 0.414. The van der Waals surface area contributed by atoms with Crippen LogP contribution >= 0.6 is 0 Å². The molecule has 2 saturated heterocycles. The zero-order chi connectivity index (χ0) is 19.8. The second-order valence-corrected chi connectivity index (χ2v) is 9.91. The molecule has 0 aromatic rings. The van der Waals surface area contributed by atoms with Crippen LogP contribution in [0.1, 0.15) is 51.4 Å². The summed E-state index contributed by atoms with van der Waals surface area (Å²) >= 11 is 0. The fraction of sp³-hybridized carbons (Fsp3) is 0.952. The van der Waals surface area contributed by atoms with Crippen molar-refractivity contribution in [2.75, 3.05) is 26.2 Å². The molecule has 8 heteroatoms. The molecule has 2 aliphatic heterocycles. The van der Waals surface area contributed by atoms with Gasteiger partial charge >= 0.3 is 0 Å². The topological polar surface area (TPSA) is 97.9 Å². The van der Waals surface area contributed by atoms with Crippen LogP contribution in [-0.4, -0.2) is 60.7 Å². The highest BCUT2D eigenvalue weighted by molar-refractivity contribution is 5.79. The maximum atomic E-state index is 12.8. The number of carbonyl (C=O) groups is 1. The van der Waals surface area contributed by atoms with Gasteiger partial charge in [0.15, 0.2) is 0 Å². The molecule has 0 spiro atoms. The average molecular weight is 408 g/mol. The summed E-state index contributed by atoms with van der Waals surface area (Å²) in [6.45, 7) is 2.45. The largest absolute Gasteiger partial charge is 0.396 e. The minimum atomic E-state index is 0.0208. The van der Waals surface area contributed by atoms with Gasteiger partial charge in [-0.05, 0) is 69.1 Å². The molecule has 0 radical (unpaired) electrons. The molecule has 3 aliphatic carbocycles. The lowest BCUT2D eigenvalue weighted by molar-refractivity contribution is -0.125. The lowest BCUT2D eigenvalue weighted by Crippen LogP contribution is -2.47. The molecule has 6 unspecified atom stereocenters. The highest BCUT2D eigenvalue weighted by Crippen LogP contribution is 2.46. The standard InChI is InChI=1S/C21H37N5O3/c27-9-1-8-26-12-16(11-22-26)20(28)23-18-7-5-14-10-15(4-6-17(14)18)19-24-21(29-25-19)13-2-3-13/h13-19,21-22,24-25,27H,1-12H2,(H,23,28)/t14?,15?,16?,17?,18-,19?,21?/m1/s1. The van der Waals surface area contributed by atoms with Gasteiger partial charge in [0.05, 0.1) is 12.1 Å². The Morgan fingerprint density at radius 2 is 1.93 bits per heavy atom. The first-order chi connectivity index (χ1) is 14.2. The van der Waals surface area contributed by atoms with Crippen LogP contribution in [0.25, 0.3) is 0 Å². The Bertz CT molecular complexity index is 589. The van der Waals surface area contributed by atoms with E-state index < -0.39 is 0 Å². The summed E-state index contributed by atoms with van der Waals surface area (Å²) < 4.78 is 0. The third kappa shape index (κ3) is 4.48. The molecule has 164 valence electrons. The second-order valence-electron chi connectivity index (χ2n) is 9.91. The molecule has 3 saturated carbocycles. The van der Waals surface area contributed by atoms with Crippen molar-refractivity contribution in [3.8, 4) is 0 Å². The number of carbonyl (C=O) groups excluding carboxylic acids is 1. The molecule has 0 aromatic heterocycles. The fourth-order valence-electron chi connectivity index (χ4n) is 6.07. The van der Waals surface area contributed by atoms with E-state index in [1.807, 2.05) is 0 Å². The minimum absolute atomic E-state index is 0.0208. The van der Waals surface area contributed by atoms with Gasteiger partial charge in [0.25, 0.3) is 0 Å². The van der Waals surface area contributed by atoms with Gasteiger partial charge in [0.1, 0.15) is 6.23 Å². The predicted molar refractivity (Wildman–Crippen MR) is 108 cm³/mol. The second kappa shape index (κ2) is 8.77. The Morgan fingerprint density at radius 3 is 2.76 bits per heavy atom. The van der Waals surface area contributed by atoms with Crippen molar-refractivity contribution in [1.82, 2.24) is 26.5 Å². The van der Waals surface area contributed by atoms with Crippen molar-refractivity contribution in [3.05, 3.63) is 0 Å². The van der Waals surface area contributed by atoms with Crippen molar-refractivity contribution < 1.29 is 14.7 Å². The SMILES string of the molecule is O=C(N[C@@H]1CCC2CC(C3NOC(C4CC4)N3)CCC21)C1CNN(CCCO)C1. The molecule has 1 amide bonds. The van der Waals surface area contributed by atoms with E-state index in [4.69, 9.17) is 9.94 Å². The minimum Gasteiger partial charge on any atom is -0.396 e. The maximum Gasteiger partial charge on any atom is 0.226 e. The average Bonchev–Trinajstić information content (AvgIpc) is 3.15. The Morgan fingerprint density at radius 1 is 1.10 bits per heavy atom. The molecule has 5 N–H and O–H groups in total. The van der Waals surface area contributed by atoms with Crippen molar-refractivity contribution in [2.45, 2.75) is 69.8 Å². The molecular formula is C21H37N5O3. The molecule has 7 atom stereocenters. The molecule has 2 heterocycles. The Labute approximate surface area is 173 Å². The number of hydrogen-bond acceptors (Lipinski definition) is 7. The van der Waals surface area contributed by atoms with Crippen LogP contribution in [0.4, 0.5) is 0 Å². The third-order valence-corrected chi connectivity index (χ3v) is 7.92. The molecule has 0 aromatic carbocycles. The lowest BCUT2D eigenvalue weighted by Gasteiger charge is -2.36. The van der Waals surface area contributed by atoms with Crippen molar-refractivity contribution >= 4 is 5.91 Å². The van der Waals surface area contributed by atoms with E-state index in [-0.39, 0.29) is 24.7 Å². The van der Waals surface area contributed by atoms with Gasteiger partial charge in [-0.3, -0.25) is 20.4 Å². The number of fused-ring (bicyclic) bond motifs is 1. The van der Waals surface area contributed by atoms with Gasteiger partial charge in [0, 0.05) is 38.2 Å². The summed E-state index contributed by atoms with van der Waals surface area (Å²) in [4.78, 5) is 18.6. The molecule has 0 bridgehead atoms. The first-order valence-corrected chi connectivity index (χ1v) is 11.8. The van der Waals surface area contributed by atoms with E-state index in [0.29, 0.717) is 36.5 Å². The van der Waals surface area contributed by atoms with Crippen LogP contribution in [0, 0.1) is 29.6 Å². The molecule has 5 rings (SSSR count). The third-order valence-electron chi connectivity index (χ3n) is 7.92. The lowest BCUT2D eigenvalue weighted by atomic mass is 9.73. The first-order valence-electron chi connectivity index (χ1n) is 11.8. The van der Waals surface area contributed by atoms with Gasteiger partial charge in [-0.2, -0.15) is 5.48 Å². The summed E-state index contributed by atoms with van der Waals surface area (Å²) in [6.07, 6.45) is 9.84. The number of amides is 1. The van der Waals surface area contributed by atoms with Crippen LogP contribution in [0.15, 0.2) is 0 Å². The molecular weight excluding hydrogens is 370 g/mol. The smallest absolute Gasteiger partial charge is 0.226 e. The number of nitrogens with zero attached hydrogens (tertiary/aromatic N) is 1. The summed E-state index contributed by atoms with van der Waals surface area (Å²) in [5, 5.41) is 18.1. The van der Waals surface area contributed by atoms with Gasteiger partial charge in [-0.25, -0.2) is 5.01 Å². The Kier molecular flexibility index (Phi) is 6.09. The van der Waals surface area contributed by atoms with Crippen LogP contribution < -0.4 is 21.5 Å². The number of aliphatic hydroxyl groups excluding tert-OH is 1. The summed E-state index contributed by atoms with van der Waals surface area (Å²) in [5.41, 5.74) is 6.56. The van der Waals surface area contributed by atoms with Crippen LogP contribution in [0.5, 0.6) is 0 Å². The number of hydroxylamine groups is 1. The summed E-state index contributed by atoms with van der Waals surface area (Å²) in [5.74, 6) is 2.93. The van der Waals surface area contributed by atoms with Gasteiger partial charge < -0.3 is 10.4 Å². The van der Waals surface area contributed by atoms with Crippen LogP contribution in [0.2, 0.25) is 0 Å². The molecule has 5 fully saturated rings. The van der Waals surface area contributed by atoms with Gasteiger partial charge in [-0.15, -0.1) is 0 Å². The number of hydrogen-bond donors (Lipinski definition) is 5. The van der Waals surface area contributed by atoms with Gasteiger partial charge in [-0.1, -0.05) is 0 Å². The Balaban J connectivity index is 1.08. The van der Waals surface area contributed by atoms with E-state index in [1.165, 1.54) is 38.5 Å². The maximum absolute atomic E-state index is 12.8. The zero-order valence-corrected chi connectivity index (χ0v) is 17.3. The molecule has 5 aliphatic rings. The normalized spacial score (nSPS) is 42.9. The number of aliphatic hydroxyl groups is 1. The summed E-state index contributed by atoms with van der Waals surface area (Å²) in [6, 6.07) is 0.347. The molecule has 8 nitrogen and oxygen atoms in total. The van der Waals surface area contributed by atoms with Crippen LogP contribution in [0.3, 0.4) is 0 Å². The monoisotopic (exact) mass is 407 g/mol. The number of hydrazine groups is 1. The highest BCUT2D eigenvalue weighted by Gasteiger charge is 2.46.